The van der Waals surface area contributed by atoms with Crippen molar-refractivity contribution in [3.63, 3.8) is 0 Å². The molecular formula is C21H18F3N3O2. The fourth-order valence-electron chi connectivity index (χ4n) is 5.86. The number of nitrogens with zero attached hydrogens (tertiary/aromatic N) is 2. The Balaban J connectivity index is 2.03. The Labute approximate surface area is 165 Å². The lowest BCUT2D eigenvalue weighted by Gasteiger charge is -2.44. The average molecular weight is 401 g/mol. The highest BCUT2D eigenvalue weighted by Gasteiger charge is 2.82. The first kappa shape index (κ1) is 19.5. The summed E-state index contributed by atoms with van der Waals surface area (Å²) in [5, 5.41) is 22.6. The molecule has 1 aromatic rings. The highest BCUT2D eigenvalue weighted by molar-refractivity contribution is 5.91. The van der Waals surface area contributed by atoms with E-state index < -0.39 is 34.6 Å². The maximum atomic E-state index is 13.2. The van der Waals surface area contributed by atoms with Crippen molar-refractivity contribution in [2.45, 2.75) is 38.1 Å². The van der Waals surface area contributed by atoms with Crippen LogP contribution in [0.5, 0.6) is 0 Å². The van der Waals surface area contributed by atoms with Crippen molar-refractivity contribution in [2.75, 3.05) is 6.61 Å². The van der Waals surface area contributed by atoms with E-state index in [-0.39, 0.29) is 11.5 Å². The van der Waals surface area contributed by atoms with Gasteiger partial charge in [0.15, 0.2) is 0 Å². The summed E-state index contributed by atoms with van der Waals surface area (Å²) in [5.74, 6) is -2.49. The van der Waals surface area contributed by atoms with Crippen molar-refractivity contribution in [1.29, 1.82) is 10.5 Å². The molecule has 4 rings (SSSR count). The third kappa shape index (κ3) is 2.05. The summed E-state index contributed by atoms with van der Waals surface area (Å²) < 4.78 is 45.4. The number of carbonyl (C=O) groups is 1. The Morgan fingerprint density at radius 2 is 1.90 bits per heavy atom. The Bertz CT molecular complexity index is 1010. The van der Waals surface area contributed by atoms with Crippen molar-refractivity contribution < 1.29 is 22.7 Å². The fourth-order valence-corrected chi connectivity index (χ4v) is 5.86. The van der Waals surface area contributed by atoms with Crippen LogP contribution in [0.2, 0.25) is 0 Å². The van der Waals surface area contributed by atoms with E-state index in [1.165, 1.54) is 6.92 Å². The predicted molar refractivity (Wildman–Crippen MR) is 95.6 cm³/mol. The van der Waals surface area contributed by atoms with Gasteiger partial charge in [0.25, 0.3) is 0 Å². The summed E-state index contributed by atoms with van der Waals surface area (Å²) in [4.78, 5) is 12.0. The molecule has 1 amide bonds. The molecule has 1 heterocycles. The van der Waals surface area contributed by atoms with Crippen LogP contribution in [-0.2, 0) is 9.53 Å². The molecule has 2 bridgehead atoms. The van der Waals surface area contributed by atoms with E-state index in [4.69, 9.17) is 4.74 Å². The zero-order chi connectivity index (χ0) is 21.2. The van der Waals surface area contributed by atoms with Gasteiger partial charge in [-0.05, 0) is 24.5 Å². The van der Waals surface area contributed by atoms with Crippen molar-refractivity contribution in [1.82, 2.24) is 5.32 Å². The Morgan fingerprint density at radius 3 is 2.45 bits per heavy atom. The number of halogens is 3. The van der Waals surface area contributed by atoms with Gasteiger partial charge in [0.2, 0.25) is 0 Å². The fraction of sp³-hybridized carbons (Fsp3) is 0.476. The van der Waals surface area contributed by atoms with Gasteiger partial charge in [0, 0.05) is 23.5 Å². The van der Waals surface area contributed by atoms with Gasteiger partial charge < -0.3 is 10.1 Å². The van der Waals surface area contributed by atoms with E-state index >= 15 is 0 Å². The zero-order valence-corrected chi connectivity index (χ0v) is 15.8. The molecule has 1 N–H and O–H groups in total. The Hall–Kier alpha value is -2.84. The third-order valence-corrected chi connectivity index (χ3v) is 7.22. The smallest absolute Gasteiger partial charge is 0.376 e. The summed E-state index contributed by atoms with van der Waals surface area (Å²) in [6.07, 6.45) is -5.34. The number of hydrogen-bond acceptors (Lipinski definition) is 4. The van der Waals surface area contributed by atoms with Crippen LogP contribution in [-0.4, -0.2) is 30.3 Å². The Morgan fingerprint density at radius 1 is 1.24 bits per heavy atom. The normalized spacial score (nSPS) is 37.8. The first-order chi connectivity index (χ1) is 13.6. The quantitative estimate of drug-likeness (QED) is 0.824. The minimum atomic E-state index is -5.12. The molecular weight excluding hydrogens is 383 g/mol. The second kappa shape index (κ2) is 5.84. The lowest BCUT2D eigenvalue weighted by atomic mass is 9.65. The number of hydrogen-bond donors (Lipinski definition) is 1. The van der Waals surface area contributed by atoms with Gasteiger partial charge in [-0.2, -0.15) is 23.7 Å². The maximum Gasteiger partial charge on any atom is 0.471 e. The molecule has 1 unspecified atom stereocenters. The first-order valence-corrected chi connectivity index (χ1v) is 9.22. The van der Waals surface area contributed by atoms with Crippen molar-refractivity contribution in [3.05, 3.63) is 41.5 Å². The largest absolute Gasteiger partial charge is 0.471 e. The number of nitriles is 2. The van der Waals surface area contributed by atoms with E-state index in [9.17, 15) is 28.5 Å². The molecule has 0 radical (unpaired) electrons. The molecule has 3 aliphatic rings. The summed E-state index contributed by atoms with van der Waals surface area (Å²) in [7, 11) is 0. The maximum absolute atomic E-state index is 13.2. The van der Waals surface area contributed by atoms with Crippen LogP contribution in [0.4, 0.5) is 13.2 Å². The van der Waals surface area contributed by atoms with Crippen molar-refractivity contribution >= 4 is 11.5 Å². The summed E-state index contributed by atoms with van der Waals surface area (Å²) in [6.45, 7) is 3.46. The molecule has 150 valence electrons. The monoisotopic (exact) mass is 401 g/mol. The highest BCUT2D eigenvalue weighted by atomic mass is 19.4. The number of nitrogens with one attached hydrogen (secondary N) is 1. The van der Waals surface area contributed by atoms with Gasteiger partial charge in [0.1, 0.15) is 5.41 Å². The summed E-state index contributed by atoms with van der Waals surface area (Å²) in [5.41, 5.74) is -3.34. The highest BCUT2D eigenvalue weighted by Crippen LogP contribution is 2.76. The predicted octanol–water partition coefficient (Wildman–Crippen LogP) is 3.35. The minimum Gasteiger partial charge on any atom is -0.376 e. The van der Waals surface area contributed by atoms with E-state index in [1.54, 1.807) is 37.3 Å². The van der Waals surface area contributed by atoms with Gasteiger partial charge >= 0.3 is 12.1 Å². The van der Waals surface area contributed by atoms with Crippen LogP contribution in [0.15, 0.2) is 35.9 Å². The number of alkyl halides is 3. The van der Waals surface area contributed by atoms with Gasteiger partial charge in [-0.3, -0.25) is 4.79 Å². The number of amides is 1. The lowest BCUT2D eigenvalue weighted by molar-refractivity contribution is -0.177. The van der Waals surface area contributed by atoms with E-state index in [0.29, 0.717) is 24.2 Å². The molecule has 5 atom stereocenters. The van der Waals surface area contributed by atoms with E-state index in [2.05, 4.69) is 17.5 Å². The molecule has 2 aliphatic carbocycles. The van der Waals surface area contributed by atoms with Gasteiger partial charge in [-0.25, -0.2) is 0 Å². The average Bonchev–Trinajstić information content (AvgIpc) is 3.27. The number of fused-ring (bicyclic) bond motifs is 5. The zero-order valence-electron chi connectivity index (χ0n) is 15.8. The summed E-state index contributed by atoms with van der Waals surface area (Å²) >= 11 is 0. The van der Waals surface area contributed by atoms with Crippen LogP contribution in [0.3, 0.4) is 0 Å². The molecule has 0 aromatic heterocycles. The SMILES string of the molecule is CC1(NC(=O)C(F)(F)F)[C@@]2(C#N)C(c3ccccc3)=C(C#N)[C@]1(C)[C@@H]1CCO[C@@H]12. The number of ether oxygens (including phenoxy) is 1. The van der Waals surface area contributed by atoms with Crippen molar-refractivity contribution in [3.8, 4) is 12.1 Å². The first-order valence-electron chi connectivity index (χ1n) is 9.22. The molecule has 2 fully saturated rings. The van der Waals surface area contributed by atoms with Crippen LogP contribution >= 0.6 is 0 Å². The minimum absolute atomic E-state index is 0.238. The molecule has 8 heteroatoms. The molecule has 1 aliphatic heterocycles. The van der Waals surface area contributed by atoms with Gasteiger partial charge in [-0.1, -0.05) is 37.3 Å². The standard InChI is InChI=1S/C21H18F3N3O2/c1-18-13-8-9-29-16(13)20(11-26,19(18,2)27-17(28)21(22,23)24)15(14(18)10-25)12-6-4-3-5-7-12/h3-7,13,16H,8-9H2,1-2H3,(H,27,28)/t13-,16+,18+,19?,20+/m1/s1. The van der Waals surface area contributed by atoms with Crippen molar-refractivity contribution in [2.24, 2.45) is 16.7 Å². The number of rotatable bonds is 2. The second-order valence-electron chi connectivity index (χ2n) is 8.11. The molecule has 1 saturated carbocycles. The summed E-state index contributed by atoms with van der Waals surface area (Å²) in [6, 6.07) is 13.0. The number of carbonyl (C=O) groups excluding carboxylic acids is 1. The van der Waals surface area contributed by atoms with Crippen LogP contribution in [0.1, 0.15) is 25.8 Å². The molecule has 1 saturated heterocycles. The Kier molecular flexibility index (Phi) is 3.92. The molecule has 0 spiro atoms. The molecule has 29 heavy (non-hydrogen) atoms. The van der Waals surface area contributed by atoms with Gasteiger partial charge in [-0.15, -0.1) is 0 Å². The van der Waals surface area contributed by atoms with Crippen LogP contribution < -0.4 is 5.32 Å². The topological polar surface area (TPSA) is 85.9 Å². The van der Waals surface area contributed by atoms with E-state index in [0.717, 1.165) is 0 Å². The van der Waals surface area contributed by atoms with Crippen LogP contribution in [0, 0.1) is 39.4 Å². The number of benzene rings is 1. The van der Waals surface area contributed by atoms with Crippen LogP contribution in [0.25, 0.3) is 5.57 Å². The second-order valence-corrected chi connectivity index (χ2v) is 8.11. The molecule has 5 nitrogen and oxygen atoms in total. The van der Waals surface area contributed by atoms with Gasteiger partial charge in [0.05, 0.1) is 23.8 Å². The molecule has 1 aromatic carbocycles. The lowest BCUT2D eigenvalue weighted by Crippen LogP contribution is -2.63. The van der Waals surface area contributed by atoms with E-state index in [1.807, 2.05) is 0 Å². The third-order valence-electron chi connectivity index (χ3n) is 7.22.